The van der Waals surface area contributed by atoms with E-state index in [-0.39, 0.29) is 11.3 Å². The SMILES string of the molecule is O=C(O)c1cc2sc3ccccc3c2cc1O. The predicted molar refractivity (Wildman–Crippen MR) is 68.0 cm³/mol. The van der Waals surface area contributed by atoms with Crippen molar-refractivity contribution >= 4 is 37.5 Å². The van der Waals surface area contributed by atoms with Gasteiger partial charge in [0.25, 0.3) is 0 Å². The molecular formula is C13H8O3S. The van der Waals surface area contributed by atoms with Crippen molar-refractivity contribution in [3.63, 3.8) is 0 Å². The minimum absolute atomic E-state index is 0.0518. The van der Waals surface area contributed by atoms with Gasteiger partial charge in [0.2, 0.25) is 0 Å². The minimum atomic E-state index is -1.11. The molecule has 0 aliphatic rings. The normalized spacial score (nSPS) is 11.1. The average Bonchev–Trinajstić information content (AvgIpc) is 2.65. The first-order valence-corrected chi connectivity index (χ1v) is 5.86. The zero-order chi connectivity index (χ0) is 12.0. The maximum Gasteiger partial charge on any atom is 0.339 e. The zero-order valence-corrected chi connectivity index (χ0v) is 9.49. The first kappa shape index (κ1) is 10.1. The molecular weight excluding hydrogens is 236 g/mol. The summed E-state index contributed by atoms with van der Waals surface area (Å²) in [4.78, 5) is 10.9. The van der Waals surface area contributed by atoms with E-state index in [9.17, 15) is 9.90 Å². The molecule has 4 heteroatoms. The lowest BCUT2D eigenvalue weighted by molar-refractivity contribution is 0.0694. The van der Waals surface area contributed by atoms with Crippen LogP contribution in [0.5, 0.6) is 5.75 Å². The fourth-order valence-corrected chi connectivity index (χ4v) is 3.06. The second-order valence-corrected chi connectivity index (χ2v) is 4.85. The third kappa shape index (κ3) is 1.45. The summed E-state index contributed by atoms with van der Waals surface area (Å²) < 4.78 is 1.96. The molecule has 84 valence electrons. The molecule has 0 radical (unpaired) electrons. The zero-order valence-electron chi connectivity index (χ0n) is 8.68. The molecule has 0 amide bonds. The van der Waals surface area contributed by atoms with Gasteiger partial charge >= 0.3 is 5.97 Å². The number of benzene rings is 2. The van der Waals surface area contributed by atoms with Gasteiger partial charge < -0.3 is 10.2 Å². The number of aromatic hydroxyl groups is 1. The highest BCUT2D eigenvalue weighted by Crippen LogP contribution is 2.37. The van der Waals surface area contributed by atoms with Crippen LogP contribution in [0, 0.1) is 0 Å². The third-order valence-corrected chi connectivity index (χ3v) is 3.86. The lowest BCUT2D eigenvalue weighted by Gasteiger charge is -1.99. The van der Waals surface area contributed by atoms with Gasteiger partial charge in [0.15, 0.2) is 0 Å². The number of hydrogen-bond donors (Lipinski definition) is 2. The average molecular weight is 244 g/mol. The van der Waals surface area contributed by atoms with E-state index in [0.717, 1.165) is 20.2 Å². The van der Waals surface area contributed by atoms with Gasteiger partial charge in [-0.25, -0.2) is 4.79 Å². The van der Waals surface area contributed by atoms with E-state index in [1.165, 1.54) is 23.5 Å². The van der Waals surface area contributed by atoms with E-state index in [1.807, 2.05) is 24.3 Å². The predicted octanol–water partition coefficient (Wildman–Crippen LogP) is 3.46. The van der Waals surface area contributed by atoms with E-state index >= 15 is 0 Å². The highest BCUT2D eigenvalue weighted by Gasteiger charge is 2.13. The third-order valence-electron chi connectivity index (χ3n) is 2.73. The number of thiophene rings is 1. The minimum Gasteiger partial charge on any atom is -0.507 e. The summed E-state index contributed by atoms with van der Waals surface area (Å²) in [7, 11) is 0. The fraction of sp³-hybridized carbons (Fsp3) is 0. The van der Waals surface area contributed by atoms with Crippen LogP contribution in [-0.4, -0.2) is 16.2 Å². The Kier molecular flexibility index (Phi) is 2.06. The maximum absolute atomic E-state index is 10.9. The molecule has 3 nitrogen and oxygen atoms in total. The summed E-state index contributed by atoms with van der Waals surface area (Å²) in [5.41, 5.74) is -0.0518. The number of carboxylic acid groups (broad SMARTS) is 1. The first-order chi connectivity index (χ1) is 8.16. The molecule has 1 heterocycles. The topological polar surface area (TPSA) is 57.5 Å². The van der Waals surface area contributed by atoms with Crippen molar-refractivity contribution in [2.45, 2.75) is 0 Å². The molecule has 0 saturated heterocycles. The second-order valence-electron chi connectivity index (χ2n) is 3.77. The molecule has 0 atom stereocenters. The summed E-state index contributed by atoms with van der Waals surface area (Å²) >= 11 is 1.53. The lowest BCUT2D eigenvalue weighted by atomic mass is 10.1. The molecule has 0 aliphatic heterocycles. The number of carbonyl (C=O) groups is 1. The summed E-state index contributed by atoms with van der Waals surface area (Å²) in [5, 5.41) is 20.6. The van der Waals surface area contributed by atoms with Crippen LogP contribution in [0.15, 0.2) is 36.4 Å². The molecule has 3 aromatic rings. The number of rotatable bonds is 1. The summed E-state index contributed by atoms with van der Waals surface area (Å²) in [6.07, 6.45) is 0. The number of hydrogen-bond acceptors (Lipinski definition) is 3. The Labute approximate surface area is 101 Å². The van der Waals surface area contributed by atoms with Crippen molar-refractivity contribution in [1.82, 2.24) is 0 Å². The first-order valence-electron chi connectivity index (χ1n) is 5.04. The van der Waals surface area contributed by atoms with E-state index in [2.05, 4.69) is 0 Å². The summed E-state index contributed by atoms with van der Waals surface area (Å²) in [5.74, 6) is -1.30. The summed E-state index contributed by atoms with van der Waals surface area (Å²) in [6, 6.07) is 10.9. The number of phenols is 1. The largest absolute Gasteiger partial charge is 0.507 e. The number of carboxylic acids is 1. The standard InChI is InChI=1S/C13H8O3S/c14-10-5-8-7-3-1-2-4-11(7)17-12(8)6-9(10)13(15)16/h1-6,14H,(H,15,16). The van der Waals surface area contributed by atoms with Crippen LogP contribution in [0.2, 0.25) is 0 Å². The quantitative estimate of drug-likeness (QED) is 0.689. The van der Waals surface area contributed by atoms with Gasteiger partial charge in [-0.1, -0.05) is 18.2 Å². The van der Waals surface area contributed by atoms with Crippen molar-refractivity contribution < 1.29 is 15.0 Å². The van der Waals surface area contributed by atoms with Crippen molar-refractivity contribution in [1.29, 1.82) is 0 Å². The van der Waals surface area contributed by atoms with Gasteiger partial charge in [0.05, 0.1) is 0 Å². The molecule has 1 aromatic heterocycles. The molecule has 0 saturated carbocycles. The van der Waals surface area contributed by atoms with Gasteiger partial charge in [-0.15, -0.1) is 11.3 Å². The Morgan fingerprint density at radius 3 is 2.59 bits per heavy atom. The highest BCUT2D eigenvalue weighted by molar-refractivity contribution is 7.25. The van der Waals surface area contributed by atoms with Crippen LogP contribution in [-0.2, 0) is 0 Å². The molecule has 3 rings (SSSR count). The fourth-order valence-electron chi connectivity index (χ4n) is 1.93. The highest BCUT2D eigenvalue weighted by atomic mass is 32.1. The van der Waals surface area contributed by atoms with Crippen LogP contribution in [0.3, 0.4) is 0 Å². The van der Waals surface area contributed by atoms with E-state index < -0.39 is 5.97 Å². The Hall–Kier alpha value is -2.07. The molecule has 0 aliphatic carbocycles. The van der Waals surface area contributed by atoms with Crippen LogP contribution >= 0.6 is 11.3 Å². The maximum atomic E-state index is 10.9. The van der Waals surface area contributed by atoms with E-state index in [4.69, 9.17) is 5.11 Å². The van der Waals surface area contributed by atoms with Crippen molar-refractivity contribution in [2.75, 3.05) is 0 Å². The van der Waals surface area contributed by atoms with Gasteiger partial charge in [-0.2, -0.15) is 0 Å². The Morgan fingerprint density at radius 1 is 1.06 bits per heavy atom. The van der Waals surface area contributed by atoms with E-state index in [0.29, 0.717) is 0 Å². The van der Waals surface area contributed by atoms with Crippen LogP contribution in [0.4, 0.5) is 0 Å². The smallest absolute Gasteiger partial charge is 0.339 e. The van der Waals surface area contributed by atoms with Crippen LogP contribution < -0.4 is 0 Å². The molecule has 0 spiro atoms. The van der Waals surface area contributed by atoms with Gasteiger partial charge in [-0.05, 0) is 18.2 Å². The molecule has 0 fully saturated rings. The molecule has 17 heavy (non-hydrogen) atoms. The Bertz CT molecular complexity index is 743. The Morgan fingerprint density at radius 2 is 1.82 bits per heavy atom. The molecule has 2 aromatic carbocycles. The number of fused-ring (bicyclic) bond motifs is 3. The van der Waals surface area contributed by atoms with Crippen molar-refractivity contribution in [3.8, 4) is 5.75 Å². The van der Waals surface area contributed by atoms with Crippen molar-refractivity contribution in [3.05, 3.63) is 42.0 Å². The van der Waals surface area contributed by atoms with Crippen molar-refractivity contribution in [2.24, 2.45) is 0 Å². The molecule has 0 unspecified atom stereocenters. The van der Waals surface area contributed by atoms with Gasteiger partial charge in [-0.3, -0.25) is 0 Å². The van der Waals surface area contributed by atoms with Crippen LogP contribution in [0.25, 0.3) is 20.2 Å². The summed E-state index contributed by atoms with van der Waals surface area (Å²) in [6.45, 7) is 0. The van der Waals surface area contributed by atoms with Gasteiger partial charge in [0, 0.05) is 20.2 Å². The Balaban J connectivity index is 2.46. The van der Waals surface area contributed by atoms with Gasteiger partial charge in [0.1, 0.15) is 11.3 Å². The van der Waals surface area contributed by atoms with Crippen LogP contribution in [0.1, 0.15) is 10.4 Å². The van der Waals surface area contributed by atoms with E-state index in [1.54, 1.807) is 0 Å². The second kappa shape index (κ2) is 3.46. The lowest BCUT2D eigenvalue weighted by Crippen LogP contribution is -1.95. The molecule has 2 N–H and O–H groups in total. The number of aromatic carboxylic acids is 1. The molecule has 0 bridgehead atoms. The monoisotopic (exact) mass is 244 g/mol.